The van der Waals surface area contributed by atoms with Gasteiger partial charge in [0.2, 0.25) is 41.4 Å². The van der Waals surface area contributed by atoms with Crippen LogP contribution < -0.4 is 43.1 Å². The number of amides is 12. The maximum atomic E-state index is 15.9. The SMILES string of the molecule is CC(C)[C@H]1NC(=O)[C@@H]2C[C@@]3(O)c4cc(-c5cc6c(cc5Cl)C[C@H]5N7C(=O)[C@@H]8CCCNN8C(=O)[C@H](C)N(C)C(=O)[C@H]8CCCNN8C(=O)[C@@H]8CCCNN8C(=O)[C@@H](C(C)C)NC(=O)[C@@H]7C[C@@]65O)c(Cl)cc4N[C@H]3N2C(=O)[C@@H]2CCCNN2C(=O)[C@H](C)N(C)C(=O)[C@H]2CCCCN2C(=O)[C@@H]2CCCNN2C1=O. The maximum absolute atomic E-state index is 15.9. The summed E-state index contributed by atoms with van der Waals surface area (Å²) in [5, 5.41) is 42.8. The Hall–Kier alpha value is -7.82. The van der Waals surface area contributed by atoms with E-state index >= 15 is 28.8 Å². The summed E-state index contributed by atoms with van der Waals surface area (Å²) < 4.78 is 0. The molecule has 1 aliphatic carbocycles. The minimum Gasteiger partial charge on any atom is -0.383 e. The van der Waals surface area contributed by atoms with Crippen molar-refractivity contribution in [2.24, 2.45) is 11.8 Å². The molecule has 0 saturated carbocycles. The number of nitrogens with zero attached hydrogens (tertiary/aromatic N) is 10. The van der Waals surface area contributed by atoms with Crippen LogP contribution in [0.4, 0.5) is 5.69 Å². The van der Waals surface area contributed by atoms with E-state index in [1.54, 1.807) is 52.8 Å². The summed E-state index contributed by atoms with van der Waals surface area (Å²) in [5.74, 6) is -8.76. The molecule has 10 fully saturated rings. The van der Waals surface area contributed by atoms with E-state index in [0.717, 1.165) is 0 Å². The van der Waals surface area contributed by atoms with Crippen molar-refractivity contribution in [2.75, 3.05) is 58.7 Å². The average Bonchev–Trinajstić information content (AvgIpc) is 1.55. The fourth-order valence-corrected chi connectivity index (χ4v) is 19.0. The van der Waals surface area contributed by atoms with Gasteiger partial charge in [-0.15, -0.1) is 0 Å². The maximum Gasteiger partial charge on any atom is 0.261 e. The lowest BCUT2D eigenvalue weighted by Gasteiger charge is -2.45. The van der Waals surface area contributed by atoms with Gasteiger partial charge in [0, 0.05) is 93.6 Å². The predicted octanol–water partition coefficient (Wildman–Crippen LogP) is -0.225. The molecule has 0 bridgehead atoms. The molecule has 12 amide bonds. The van der Waals surface area contributed by atoms with Crippen molar-refractivity contribution in [1.82, 2.24) is 87.3 Å². The molecule has 0 unspecified atom stereocenters. The first-order chi connectivity index (χ1) is 50.5. The van der Waals surface area contributed by atoms with Gasteiger partial charge in [-0.2, -0.15) is 0 Å². The molecule has 0 radical (unpaired) electrons. The quantitative estimate of drug-likeness (QED) is 0.190. The highest BCUT2D eigenvalue weighted by atomic mass is 35.5. The molecule has 2 aromatic rings. The first kappa shape index (κ1) is 75.0. The number of carbonyl (C=O) groups excluding carboxylic acids is 12. The molecular formula is C72H98Cl2N18O14. The van der Waals surface area contributed by atoms with E-state index in [0.29, 0.717) is 76.6 Å². The number of hydrogen-bond donors (Lipinski definition) is 10. The summed E-state index contributed by atoms with van der Waals surface area (Å²) in [6.45, 7) is 11.8. The number of fused-ring (bicyclic) bond motifs is 16. The largest absolute Gasteiger partial charge is 0.383 e. The van der Waals surface area contributed by atoms with E-state index in [4.69, 9.17) is 23.2 Å². The van der Waals surface area contributed by atoms with Crippen LogP contribution in [-0.4, -0.2) is 269 Å². The normalized spacial score (nSPS) is 34.7. The second-order valence-electron chi connectivity index (χ2n) is 31.5. The monoisotopic (exact) mass is 1510 g/mol. The second-order valence-corrected chi connectivity index (χ2v) is 32.4. The van der Waals surface area contributed by atoms with Crippen LogP contribution in [0.2, 0.25) is 10.0 Å². The zero-order valence-corrected chi connectivity index (χ0v) is 62.6. The molecular weight excluding hydrogens is 1410 g/mol. The number of benzene rings is 2. The minimum absolute atomic E-state index is 0.0531. The lowest BCUT2D eigenvalue weighted by atomic mass is 9.86. The number of rotatable bonds is 3. The van der Waals surface area contributed by atoms with Crippen LogP contribution in [0.15, 0.2) is 24.3 Å². The molecule has 34 heteroatoms. The highest BCUT2D eigenvalue weighted by molar-refractivity contribution is 6.37. The number of halogens is 2. The molecule has 574 valence electrons. The number of likely N-dealkylation sites (N-methyl/N-ethyl adjacent to an activating group) is 2. The van der Waals surface area contributed by atoms with Gasteiger partial charge < -0.3 is 50.7 Å². The molecule has 0 spiro atoms. The minimum atomic E-state index is -2.14. The lowest BCUT2D eigenvalue weighted by molar-refractivity contribution is -0.165. The number of anilines is 1. The molecule has 10 saturated heterocycles. The van der Waals surface area contributed by atoms with Crippen molar-refractivity contribution in [1.29, 1.82) is 0 Å². The third-order valence-corrected chi connectivity index (χ3v) is 25.2. The Kier molecular flexibility index (Phi) is 20.5. The standard InChI is InChI=1S/C72H98Cl2N18O14/c1-35(2)56-68(103)91-49(18-12-25-78-91)64(99)85-27-10-9-16-47(85)62(97)83(7)37(5)60(95)89-51(20-14-23-76-89)66(101)87-54(59(94)82-56)34-72(106)43-31-41(45(74)32-46(43)80-70(72)87)40-30-42-39(28-44(40)73)29-55-71(42,105)33-53-58(93)81-57(36(3)4)69(104)92-52(21-15-26-79-92)67(102)90-48(17-11-24-77-90)63(98)84(8)38(6)61(96)88-50(19-13-22-75-88)65(100)86(53)55/h28,30-32,35-38,47-57,70,75-80,105-106H,9-27,29,33-34H2,1-8H3,(H,81,93)(H,82,94)/t37-,38-,47+,48+,49-,50-,51-,52-,53-,54-,55+,56+,57+,70-,71+,72+/m0/s1. The zero-order chi connectivity index (χ0) is 75.6. The predicted molar refractivity (Wildman–Crippen MR) is 382 cm³/mol. The highest BCUT2D eigenvalue weighted by Crippen LogP contribution is 2.56. The molecule has 11 aliphatic heterocycles. The number of carbonyl (C=O) groups is 12. The van der Waals surface area contributed by atoms with Crippen molar-refractivity contribution in [3.63, 3.8) is 0 Å². The van der Waals surface area contributed by atoms with Crippen LogP contribution in [0.5, 0.6) is 0 Å². The van der Waals surface area contributed by atoms with Gasteiger partial charge in [0.1, 0.15) is 89.9 Å². The van der Waals surface area contributed by atoms with Crippen molar-refractivity contribution in [2.45, 2.75) is 240 Å². The summed E-state index contributed by atoms with van der Waals surface area (Å²) in [4.78, 5) is 189. The summed E-state index contributed by atoms with van der Waals surface area (Å²) in [6, 6.07) is -9.52. The van der Waals surface area contributed by atoms with E-state index in [1.807, 2.05) is 0 Å². The molecule has 10 N–H and O–H groups in total. The number of hydrazine groups is 5. The number of hydrogen-bond acceptors (Lipinski definition) is 20. The van der Waals surface area contributed by atoms with Crippen molar-refractivity contribution < 1.29 is 67.7 Å². The molecule has 2 aromatic carbocycles. The zero-order valence-electron chi connectivity index (χ0n) is 61.1. The van der Waals surface area contributed by atoms with Gasteiger partial charge in [0.25, 0.3) is 29.5 Å². The Morgan fingerprint density at radius 1 is 0.425 bits per heavy atom. The Bertz CT molecular complexity index is 3740. The van der Waals surface area contributed by atoms with Gasteiger partial charge in [0.15, 0.2) is 0 Å². The summed E-state index contributed by atoms with van der Waals surface area (Å²) in [6.07, 6.45) is 2.50. The van der Waals surface area contributed by atoms with E-state index in [2.05, 4.69) is 43.1 Å². The molecule has 16 atom stereocenters. The first-order valence-electron chi connectivity index (χ1n) is 37.8. The Balaban J connectivity index is 0.821. The number of nitrogens with one attached hydrogen (secondary N) is 8. The van der Waals surface area contributed by atoms with Gasteiger partial charge in [-0.1, -0.05) is 50.9 Å². The van der Waals surface area contributed by atoms with Crippen molar-refractivity contribution in [3.8, 4) is 11.1 Å². The van der Waals surface area contributed by atoms with E-state index in [9.17, 15) is 39.0 Å². The Labute approximate surface area is 624 Å². The van der Waals surface area contributed by atoms with Crippen molar-refractivity contribution >= 4 is 99.8 Å². The topological polar surface area (TPSA) is 374 Å². The van der Waals surface area contributed by atoms with Crippen LogP contribution in [0, 0.1) is 11.8 Å². The molecule has 32 nitrogen and oxygen atoms in total. The average molecular weight is 1510 g/mol. The highest BCUT2D eigenvalue weighted by Gasteiger charge is 2.65. The van der Waals surface area contributed by atoms with E-state index < -0.39 is 191 Å². The van der Waals surface area contributed by atoms with Crippen LogP contribution in [0.1, 0.15) is 155 Å². The summed E-state index contributed by atoms with van der Waals surface area (Å²) in [7, 11) is 2.95. The first-order valence-corrected chi connectivity index (χ1v) is 38.5. The van der Waals surface area contributed by atoms with Gasteiger partial charge in [-0.25, -0.2) is 27.1 Å². The van der Waals surface area contributed by atoms with Gasteiger partial charge in [0.05, 0.1) is 11.1 Å². The van der Waals surface area contributed by atoms with Gasteiger partial charge in [-0.3, -0.25) is 82.6 Å². The third-order valence-electron chi connectivity index (χ3n) is 24.6. The molecule has 106 heavy (non-hydrogen) atoms. The Morgan fingerprint density at radius 3 is 1.32 bits per heavy atom. The Morgan fingerprint density at radius 2 is 0.821 bits per heavy atom. The molecule has 14 rings (SSSR count). The van der Waals surface area contributed by atoms with Crippen LogP contribution in [0.3, 0.4) is 0 Å². The molecule has 12 aliphatic rings. The van der Waals surface area contributed by atoms with Crippen LogP contribution >= 0.6 is 23.2 Å². The van der Waals surface area contributed by atoms with Gasteiger partial charge in [-0.05, 0) is 151 Å². The molecule has 0 aromatic heterocycles. The van der Waals surface area contributed by atoms with Gasteiger partial charge >= 0.3 is 0 Å². The number of aliphatic hydroxyl groups is 2. The third kappa shape index (κ3) is 12.5. The van der Waals surface area contributed by atoms with E-state index in [-0.39, 0.29) is 96.1 Å². The fraction of sp³-hybridized carbons (Fsp3) is 0.667. The van der Waals surface area contributed by atoms with E-state index in [1.165, 1.54) is 76.6 Å². The smallest absolute Gasteiger partial charge is 0.261 e. The summed E-state index contributed by atoms with van der Waals surface area (Å²) in [5.41, 5.74) is 13.0. The van der Waals surface area contributed by atoms with Crippen molar-refractivity contribution in [3.05, 3.63) is 51.0 Å². The lowest BCUT2D eigenvalue weighted by Crippen LogP contribution is -2.69. The number of piperidine rings is 1. The van der Waals surface area contributed by atoms with Crippen LogP contribution in [0.25, 0.3) is 11.1 Å². The fourth-order valence-electron chi connectivity index (χ4n) is 18.5. The van der Waals surface area contributed by atoms with Crippen LogP contribution in [-0.2, 0) is 75.2 Å². The second kappa shape index (κ2) is 29.0. The molecule has 11 heterocycles. The summed E-state index contributed by atoms with van der Waals surface area (Å²) >= 11 is 14.8.